The molecule has 0 spiro atoms. The van der Waals surface area contributed by atoms with Crippen molar-refractivity contribution < 1.29 is 19.1 Å². The Hall–Kier alpha value is -3.15. The molecule has 0 aromatic heterocycles. The van der Waals surface area contributed by atoms with Gasteiger partial charge in [-0.2, -0.15) is 0 Å². The first-order chi connectivity index (χ1) is 13.0. The van der Waals surface area contributed by atoms with Crippen molar-refractivity contribution >= 4 is 29.2 Å². The third kappa shape index (κ3) is 3.18. The summed E-state index contributed by atoms with van der Waals surface area (Å²) >= 11 is 0. The van der Waals surface area contributed by atoms with Gasteiger partial charge in [-0.15, -0.1) is 0 Å². The second-order valence-corrected chi connectivity index (χ2v) is 6.94. The minimum absolute atomic E-state index is 0.0288. The summed E-state index contributed by atoms with van der Waals surface area (Å²) in [5, 5.41) is 2.76. The Labute approximate surface area is 157 Å². The second kappa shape index (κ2) is 6.87. The predicted molar refractivity (Wildman–Crippen MR) is 100 cm³/mol. The van der Waals surface area contributed by atoms with Crippen LogP contribution in [0.1, 0.15) is 30.4 Å². The molecule has 2 aliphatic rings. The maximum Gasteiger partial charge on any atom is 0.307 e. The number of fused-ring (bicyclic) bond motifs is 2. The number of para-hydroxylation sites is 2. The maximum atomic E-state index is 12.6. The summed E-state index contributed by atoms with van der Waals surface area (Å²) in [6.07, 6.45) is 0.706. The first-order valence-electron chi connectivity index (χ1n) is 9.00. The highest BCUT2D eigenvalue weighted by Gasteiger charge is 2.34. The van der Waals surface area contributed by atoms with Gasteiger partial charge < -0.3 is 15.0 Å². The smallest absolute Gasteiger partial charge is 0.307 e. The lowest BCUT2D eigenvalue weighted by Crippen LogP contribution is -2.38. The molecule has 0 fully saturated rings. The standard InChI is InChI=1S/C21H20N2O4/c1-13-10-14-6-2-5-9-18(14)23(13)19(24)12-27-20(25)11-16-15-7-3-4-8-17(15)22-21(16)26/h2-9,13,16H,10-12H2,1H3,(H,22,26)/t13-,16+/m0/s1. The molecule has 4 rings (SSSR count). The number of anilines is 2. The SMILES string of the molecule is C[C@H]1Cc2ccccc2N1C(=O)COC(=O)C[C@H]1C(=O)Nc2ccccc21. The molecule has 1 N–H and O–H groups in total. The summed E-state index contributed by atoms with van der Waals surface area (Å²) < 4.78 is 5.19. The van der Waals surface area contributed by atoms with Crippen molar-refractivity contribution in [1.82, 2.24) is 0 Å². The molecule has 27 heavy (non-hydrogen) atoms. The van der Waals surface area contributed by atoms with E-state index in [2.05, 4.69) is 5.32 Å². The molecule has 2 heterocycles. The van der Waals surface area contributed by atoms with Gasteiger partial charge in [-0.3, -0.25) is 14.4 Å². The summed E-state index contributed by atoms with van der Waals surface area (Å²) in [7, 11) is 0. The van der Waals surface area contributed by atoms with Crippen LogP contribution in [0.15, 0.2) is 48.5 Å². The van der Waals surface area contributed by atoms with E-state index in [1.807, 2.05) is 49.4 Å². The molecule has 2 atom stereocenters. The van der Waals surface area contributed by atoms with Gasteiger partial charge in [0.2, 0.25) is 5.91 Å². The van der Waals surface area contributed by atoms with E-state index in [0.717, 1.165) is 28.9 Å². The second-order valence-electron chi connectivity index (χ2n) is 6.94. The van der Waals surface area contributed by atoms with Crippen molar-refractivity contribution in [2.24, 2.45) is 0 Å². The highest BCUT2D eigenvalue weighted by molar-refractivity contribution is 6.04. The van der Waals surface area contributed by atoms with Crippen LogP contribution in [-0.2, 0) is 25.5 Å². The van der Waals surface area contributed by atoms with E-state index in [-0.39, 0.29) is 30.9 Å². The van der Waals surface area contributed by atoms with Crippen LogP contribution in [-0.4, -0.2) is 30.4 Å². The number of hydrogen-bond acceptors (Lipinski definition) is 4. The molecule has 0 saturated heterocycles. The molecule has 0 unspecified atom stereocenters. The molecule has 2 amide bonds. The Bertz CT molecular complexity index is 924. The van der Waals surface area contributed by atoms with Gasteiger partial charge >= 0.3 is 5.97 Å². The number of hydrogen-bond donors (Lipinski definition) is 1. The van der Waals surface area contributed by atoms with E-state index in [1.165, 1.54) is 0 Å². The van der Waals surface area contributed by atoms with Gasteiger partial charge in [0.1, 0.15) is 0 Å². The first-order valence-corrected chi connectivity index (χ1v) is 9.00. The number of nitrogens with zero attached hydrogens (tertiary/aromatic N) is 1. The predicted octanol–water partition coefficient (Wildman–Crippen LogP) is 2.63. The Balaban J connectivity index is 1.37. The van der Waals surface area contributed by atoms with Crippen molar-refractivity contribution in [3.63, 3.8) is 0 Å². The monoisotopic (exact) mass is 364 g/mol. The number of rotatable bonds is 4. The maximum absolute atomic E-state index is 12.6. The molecule has 6 heteroatoms. The summed E-state index contributed by atoms with van der Waals surface area (Å²) in [6, 6.07) is 15.0. The van der Waals surface area contributed by atoms with Gasteiger partial charge in [0.15, 0.2) is 6.61 Å². The van der Waals surface area contributed by atoms with Crippen molar-refractivity contribution in [2.75, 3.05) is 16.8 Å². The van der Waals surface area contributed by atoms with Crippen molar-refractivity contribution in [2.45, 2.75) is 31.7 Å². The number of benzene rings is 2. The van der Waals surface area contributed by atoms with Gasteiger partial charge in [0, 0.05) is 17.4 Å². The molecule has 0 radical (unpaired) electrons. The quantitative estimate of drug-likeness (QED) is 0.847. The summed E-state index contributed by atoms with van der Waals surface area (Å²) in [5.41, 5.74) is 3.49. The topological polar surface area (TPSA) is 75.7 Å². The van der Waals surface area contributed by atoms with Gasteiger partial charge in [0.05, 0.1) is 12.3 Å². The molecule has 0 aliphatic carbocycles. The van der Waals surface area contributed by atoms with Crippen LogP contribution in [0.25, 0.3) is 0 Å². The highest BCUT2D eigenvalue weighted by Crippen LogP contribution is 2.35. The van der Waals surface area contributed by atoms with Gasteiger partial charge in [-0.1, -0.05) is 36.4 Å². The molecule has 0 saturated carbocycles. The molecular weight excluding hydrogens is 344 g/mol. The molecular formula is C21H20N2O4. The van der Waals surface area contributed by atoms with Crippen molar-refractivity contribution in [1.29, 1.82) is 0 Å². The zero-order valence-corrected chi connectivity index (χ0v) is 15.0. The van der Waals surface area contributed by atoms with E-state index >= 15 is 0 Å². The minimum atomic E-state index is -0.574. The molecule has 138 valence electrons. The van der Waals surface area contributed by atoms with E-state index < -0.39 is 11.9 Å². The zero-order chi connectivity index (χ0) is 19.0. The van der Waals surface area contributed by atoms with E-state index in [0.29, 0.717) is 0 Å². The Morgan fingerprint density at radius 3 is 2.74 bits per heavy atom. The Kier molecular flexibility index (Phi) is 4.39. The van der Waals surface area contributed by atoms with Crippen LogP contribution >= 0.6 is 0 Å². The van der Waals surface area contributed by atoms with Gasteiger partial charge in [-0.25, -0.2) is 0 Å². The normalized spacial score (nSPS) is 20.0. The number of carbonyl (C=O) groups is 3. The highest BCUT2D eigenvalue weighted by atomic mass is 16.5. The molecule has 0 bridgehead atoms. The number of esters is 1. The van der Waals surface area contributed by atoms with Gasteiger partial charge in [-0.05, 0) is 36.6 Å². The fourth-order valence-electron chi connectivity index (χ4n) is 3.86. The first kappa shape index (κ1) is 17.3. The molecule has 2 aromatic rings. The lowest BCUT2D eigenvalue weighted by Gasteiger charge is -2.22. The number of amides is 2. The molecule has 2 aliphatic heterocycles. The van der Waals surface area contributed by atoms with Crippen LogP contribution < -0.4 is 10.2 Å². The van der Waals surface area contributed by atoms with Crippen LogP contribution in [0.2, 0.25) is 0 Å². The van der Waals surface area contributed by atoms with Crippen LogP contribution in [0.4, 0.5) is 11.4 Å². The van der Waals surface area contributed by atoms with E-state index in [1.54, 1.807) is 11.0 Å². The third-order valence-electron chi connectivity index (χ3n) is 5.11. The average Bonchev–Trinajstić information content (AvgIpc) is 3.16. The molecule has 6 nitrogen and oxygen atoms in total. The van der Waals surface area contributed by atoms with Crippen molar-refractivity contribution in [3.05, 3.63) is 59.7 Å². The Morgan fingerprint density at radius 2 is 1.89 bits per heavy atom. The summed E-state index contributed by atoms with van der Waals surface area (Å²) in [4.78, 5) is 38.6. The third-order valence-corrected chi connectivity index (χ3v) is 5.11. The number of nitrogens with one attached hydrogen (secondary N) is 1. The Morgan fingerprint density at radius 1 is 1.15 bits per heavy atom. The fourth-order valence-corrected chi connectivity index (χ4v) is 3.86. The number of carbonyl (C=O) groups excluding carboxylic acids is 3. The minimum Gasteiger partial charge on any atom is -0.456 e. The fraction of sp³-hybridized carbons (Fsp3) is 0.286. The van der Waals surface area contributed by atoms with E-state index in [9.17, 15) is 14.4 Å². The lowest BCUT2D eigenvalue weighted by molar-refractivity contribution is -0.148. The van der Waals surface area contributed by atoms with Crippen molar-refractivity contribution in [3.8, 4) is 0 Å². The molecule has 2 aromatic carbocycles. The van der Waals surface area contributed by atoms with Crippen LogP contribution in [0.3, 0.4) is 0 Å². The van der Waals surface area contributed by atoms with Crippen LogP contribution in [0, 0.1) is 0 Å². The lowest BCUT2D eigenvalue weighted by atomic mass is 9.97. The largest absolute Gasteiger partial charge is 0.456 e. The van der Waals surface area contributed by atoms with E-state index in [4.69, 9.17) is 4.74 Å². The summed E-state index contributed by atoms with van der Waals surface area (Å²) in [6.45, 7) is 1.65. The van der Waals surface area contributed by atoms with Gasteiger partial charge in [0.25, 0.3) is 5.91 Å². The van der Waals surface area contributed by atoms with Crippen LogP contribution in [0.5, 0.6) is 0 Å². The zero-order valence-electron chi connectivity index (χ0n) is 15.0. The number of ether oxygens (including phenoxy) is 1. The average molecular weight is 364 g/mol. The summed E-state index contributed by atoms with van der Waals surface area (Å²) in [5.74, 6) is -1.60.